The van der Waals surface area contributed by atoms with Crippen LogP contribution in [-0.4, -0.2) is 143 Å². The number of nitrogens with two attached hydrogens (primary N) is 1. The number of likely N-dealkylation sites (N-methyl/N-ethyl adjacent to an activating group) is 1. The van der Waals surface area contributed by atoms with Crippen molar-refractivity contribution in [2.24, 2.45) is 11.7 Å². The average Bonchev–Trinajstić information content (AvgIpc) is 3.73. The number of imide groups is 2. The fraction of sp³-hybridized carbons (Fsp3) is 0.511. The summed E-state index contributed by atoms with van der Waals surface area (Å²) in [6.07, 6.45) is 8.45. The molecule has 0 bridgehead atoms. The molecule has 5 fully saturated rings. The number of piperidine rings is 4. The lowest BCUT2D eigenvalue weighted by Gasteiger charge is -2.38. The van der Waals surface area contributed by atoms with E-state index in [9.17, 15) is 28.8 Å². The molecule has 6 aliphatic rings. The second kappa shape index (κ2) is 16.9. The Bertz CT molecular complexity index is 2230. The maximum absolute atomic E-state index is 13.4. The molecule has 0 spiro atoms. The molecule has 16 nitrogen and oxygen atoms in total. The van der Waals surface area contributed by atoms with Gasteiger partial charge in [0, 0.05) is 71.4 Å². The first kappa shape index (κ1) is 40.5. The molecule has 2 atom stereocenters. The number of urea groups is 1. The van der Waals surface area contributed by atoms with Crippen LogP contribution in [0.4, 0.5) is 16.3 Å². The maximum Gasteiger partial charge on any atom is 0.320 e. The molecule has 3 N–H and O–H groups in total. The molecule has 1 unspecified atom stereocenters. The minimum absolute atomic E-state index is 0.0744. The SMILES string of the molecule is CN1CCN([C@@H]2CCCN(c3cnc(C(N)=O)c(Cc4ccc(C5CCN(CC6CCN(c7ccc8c(c7)C(=O)N(C7CCC(=O)NC7=O)C8=O)CC6)CC5)cc4)n3)C2)C1=O. The van der Waals surface area contributed by atoms with Gasteiger partial charge in [0.25, 0.3) is 17.7 Å². The van der Waals surface area contributed by atoms with Crippen molar-refractivity contribution in [2.75, 3.05) is 75.8 Å². The third kappa shape index (κ3) is 8.17. The number of hydrogen-bond acceptors (Lipinski definition) is 11. The lowest BCUT2D eigenvalue weighted by atomic mass is 9.87. The van der Waals surface area contributed by atoms with E-state index in [1.54, 1.807) is 23.2 Å². The highest BCUT2D eigenvalue weighted by molar-refractivity contribution is 6.23. The van der Waals surface area contributed by atoms with Gasteiger partial charge in [0.05, 0.1) is 29.1 Å². The zero-order valence-electron chi connectivity index (χ0n) is 34.8. The Hall–Kier alpha value is -5.90. The molecule has 7 amide bonds. The van der Waals surface area contributed by atoms with E-state index in [4.69, 9.17) is 10.7 Å². The van der Waals surface area contributed by atoms with Gasteiger partial charge in [-0.15, -0.1) is 0 Å². The molecule has 6 aliphatic heterocycles. The highest BCUT2D eigenvalue weighted by Crippen LogP contribution is 2.34. The molecule has 61 heavy (non-hydrogen) atoms. The van der Waals surface area contributed by atoms with Crippen molar-refractivity contribution >= 4 is 47.1 Å². The smallest absolute Gasteiger partial charge is 0.320 e. The van der Waals surface area contributed by atoms with Gasteiger partial charge in [-0.2, -0.15) is 0 Å². The number of rotatable bonds is 10. The van der Waals surface area contributed by atoms with Crippen LogP contribution < -0.4 is 20.9 Å². The van der Waals surface area contributed by atoms with Crippen LogP contribution in [-0.2, 0) is 16.0 Å². The minimum atomic E-state index is -0.970. The number of carbonyl (C=O) groups is 6. The van der Waals surface area contributed by atoms with Crippen molar-refractivity contribution in [3.8, 4) is 0 Å². The molecule has 0 radical (unpaired) electrons. The molecule has 7 heterocycles. The maximum atomic E-state index is 13.4. The van der Waals surface area contributed by atoms with Crippen LogP contribution in [0.2, 0.25) is 0 Å². The standard InChI is InChI=1S/C45H54N10O6/c1-50-21-22-54(45(50)61)33-3-2-16-53(27-33)38-25-47-40(41(46)57)36(48-38)23-28-4-6-30(7-5-28)31-14-17-51(18-15-31)26-29-12-19-52(20-13-29)32-8-9-34-35(24-32)44(60)55(43(34)59)37-10-11-39(56)49-42(37)58/h4-9,24-25,29,31,33,37H,2-3,10-23,26-27H2,1H3,(H2,46,57)(H,49,56,58)/t33-,37?/m1/s1. The number of carbonyl (C=O) groups excluding carboxylic acids is 6. The Morgan fingerprint density at radius 2 is 1.57 bits per heavy atom. The number of nitrogens with one attached hydrogen (secondary N) is 1. The molecule has 2 aromatic carbocycles. The first-order chi connectivity index (χ1) is 29.5. The third-order valence-corrected chi connectivity index (χ3v) is 13.8. The highest BCUT2D eigenvalue weighted by atomic mass is 16.2. The number of nitrogens with zero attached hydrogens (tertiary/aromatic N) is 8. The van der Waals surface area contributed by atoms with Crippen molar-refractivity contribution < 1.29 is 28.8 Å². The van der Waals surface area contributed by atoms with E-state index in [2.05, 4.69) is 49.3 Å². The summed E-state index contributed by atoms with van der Waals surface area (Å²) in [6.45, 7) is 7.83. The lowest BCUT2D eigenvalue weighted by Crippen LogP contribution is -2.54. The summed E-state index contributed by atoms with van der Waals surface area (Å²) in [5, 5.41) is 2.25. The number of amides is 7. The van der Waals surface area contributed by atoms with Gasteiger partial charge >= 0.3 is 6.03 Å². The fourth-order valence-electron chi connectivity index (χ4n) is 10.3. The van der Waals surface area contributed by atoms with E-state index >= 15 is 0 Å². The molecule has 9 rings (SSSR count). The Kier molecular flexibility index (Phi) is 11.2. The normalized spacial score (nSPS) is 23.3. The summed E-state index contributed by atoms with van der Waals surface area (Å²) in [4.78, 5) is 96.9. The van der Waals surface area contributed by atoms with Crippen LogP contribution >= 0.6 is 0 Å². The van der Waals surface area contributed by atoms with Gasteiger partial charge < -0.3 is 30.2 Å². The van der Waals surface area contributed by atoms with Gasteiger partial charge in [-0.05, 0) is 99.2 Å². The zero-order chi connectivity index (χ0) is 42.4. The second-order valence-corrected chi connectivity index (χ2v) is 17.6. The van der Waals surface area contributed by atoms with Crippen molar-refractivity contribution in [1.82, 2.24) is 34.9 Å². The van der Waals surface area contributed by atoms with Crippen molar-refractivity contribution in [1.29, 1.82) is 0 Å². The van der Waals surface area contributed by atoms with Crippen LogP contribution in [0.5, 0.6) is 0 Å². The monoisotopic (exact) mass is 830 g/mol. The largest absolute Gasteiger partial charge is 0.371 e. The first-order valence-corrected chi connectivity index (χ1v) is 21.8. The second-order valence-electron chi connectivity index (χ2n) is 17.6. The van der Waals surface area contributed by atoms with E-state index < -0.39 is 29.7 Å². The molecule has 3 aromatic rings. The number of anilines is 2. The Balaban J connectivity index is 0.754. The summed E-state index contributed by atoms with van der Waals surface area (Å²) in [5.74, 6) is -0.790. The Morgan fingerprint density at radius 3 is 2.28 bits per heavy atom. The molecule has 5 saturated heterocycles. The number of benzene rings is 2. The molecular weight excluding hydrogens is 777 g/mol. The van der Waals surface area contributed by atoms with Crippen LogP contribution in [0.25, 0.3) is 0 Å². The van der Waals surface area contributed by atoms with Gasteiger partial charge in [-0.1, -0.05) is 24.3 Å². The predicted octanol–water partition coefficient (Wildman–Crippen LogP) is 3.00. The fourth-order valence-corrected chi connectivity index (χ4v) is 10.3. The number of hydrogen-bond donors (Lipinski definition) is 2. The molecule has 0 aliphatic carbocycles. The highest BCUT2D eigenvalue weighted by Gasteiger charge is 2.45. The summed E-state index contributed by atoms with van der Waals surface area (Å²) in [7, 11) is 1.84. The molecule has 320 valence electrons. The van der Waals surface area contributed by atoms with Gasteiger partial charge in [0.15, 0.2) is 0 Å². The number of fused-ring (bicyclic) bond motifs is 1. The number of aromatic nitrogens is 2. The van der Waals surface area contributed by atoms with Gasteiger partial charge in [0.1, 0.15) is 17.6 Å². The Labute approximate surface area is 355 Å². The van der Waals surface area contributed by atoms with E-state index in [-0.39, 0.29) is 36.5 Å². The number of likely N-dealkylation sites (tertiary alicyclic amines) is 1. The summed E-state index contributed by atoms with van der Waals surface area (Å²) in [6, 6.07) is 13.3. The van der Waals surface area contributed by atoms with Crippen molar-refractivity contribution in [3.63, 3.8) is 0 Å². The molecule has 0 saturated carbocycles. The summed E-state index contributed by atoms with van der Waals surface area (Å²) in [5.41, 5.74) is 10.4. The summed E-state index contributed by atoms with van der Waals surface area (Å²) < 4.78 is 0. The van der Waals surface area contributed by atoms with E-state index in [1.807, 2.05) is 18.0 Å². The quantitative estimate of drug-likeness (QED) is 0.287. The lowest BCUT2D eigenvalue weighted by molar-refractivity contribution is -0.136. The first-order valence-electron chi connectivity index (χ1n) is 21.8. The van der Waals surface area contributed by atoms with Crippen molar-refractivity contribution in [3.05, 3.63) is 82.3 Å². The molecular formula is C45H54N10O6. The summed E-state index contributed by atoms with van der Waals surface area (Å²) >= 11 is 0. The van der Waals surface area contributed by atoms with Crippen LogP contribution in [0.1, 0.15) is 105 Å². The van der Waals surface area contributed by atoms with Gasteiger partial charge in [-0.3, -0.25) is 34.2 Å². The van der Waals surface area contributed by atoms with Gasteiger partial charge in [0.2, 0.25) is 11.8 Å². The van der Waals surface area contributed by atoms with Crippen LogP contribution in [0.15, 0.2) is 48.7 Å². The predicted molar refractivity (Wildman–Crippen MR) is 226 cm³/mol. The number of primary amides is 1. The van der Waals surface area contributed by atoms with Crippen LogP contribution in [0, 0.1) is 5.92 Å². The zero-order valence-corrected chi connectivity index (χ0v) is 34.8. The molecule has 16 heteroatoms. The van der Waals surface area contributed by atoms with Gasteiger partial charge in [-0.25, -0.2) is 14.8 Å². The molecule has 1 aromatic heterocycles. The van der Waals surface area contributed by atoms with E-state index in [1.165, 1.54) is 5.56 Å². The minimum Gasteiger partial charge on any atom is -0.371 e. The average molecular weight is 831 g/mol. The van der Waals surface area contributed by atoms with E-state index in [0.717, 1.165) is 107 Å². The Morgan fingerprint density at radius 1 is 0.820 bits per heavy atom. The van der Waals surface area contributed by atoms with Crippen molar-refractivity contribution in [2.45, 2.75) is 75.8 Å². The van der Waals surface area contributed by atoms with Crippen LogP contribution in [0.3, 0.4) is 0 Å². The van der Waals surface area contributed by atoms with E-state index in [0.29, 0.717) is 47.4 Å². The third-order valence-electron chi connectivity index (χ3n) is 13.8. The topological polar surface area (TPSA) is 186 Å².